The van der Waals surface area contributed by atoms with Crippen LogP contribution < -0.4 is 5.48 Å². The summed E-state index contributed by atoms with van der Waals surface area (Å²) in [6, 6.07) is 3.88. The highest BCUT2D eigenvalue weighted by atomic mass is 16.6. The van der Waals surface area contributed by atoms with Crippen molar-refractivity contribution in [3.05, 3.63) is 28.8 Å². The maximum absolute atomic E-state index is 9.50. The fourth-order valence-corrected chi connectivity index (χ4v) is 1.30. The number of nitrogens with one attached hydrogen (secondary N) is 1. The van der Waals surface area contributed by atoms with Gasteiger partial charge in [0.15, 0.2) is 0 Å². The van der Waals surface area contributed by atoms with Crippen LogP contribution in [0.15, 0.2) is 12.1 Å². The Morgan fingerprint density at radius 1 is 1.31 bits per heavy atom. The summed E-state index contributed by atoms with van der Waals surface area (Å²) in [6.45, 7) is 4.43. The average Bonchev–Trinajstić information content (AvgIpc) is 2.10. The largest absolute Gasteiger partial charge is 0.507 e. The van der Waals surface area contributed by atoms with Crippen molar-refractivity contribution < 1.29 is 9.94 Å². The topological polar surface area (TPSA) is 41.5 Å². The van der Waals surface area contributed by atoms with Crippen LogP contribution in [0.1, 0.15) is 16.7 Å². The van der Waals surface area contributed by atoms with Crippen molar-refractivity contribution in [1.82, 2.24) is 5.48 Å². The van der Waals surface area contributed by atoms with E-state index < -0.39 is 0 Å². The van der Waals surface area contributed by atoms with E-state index in [1.807, 2.05) is 26.0 Å². The monoisotopic (exact) mass is 181 g/mol. The van der Waals surface area contributed by atoms with Crippen LogP contribution in [0.2, 0.25) is 0 Å². The molecular formula is C10H15NO2. The first-order valence-electron chi connectivity index (χ1n) is 4.20. The summed E-state index contributed by atoms with van der Waals surface area (Å²) in [4.78, 5) is 4.74. The van der Waals surface area contributed by atoms with Gasteiger partial charge in [-0.25, -0.2) is 0 Å². The Bertz CT molecular complexity index is 274. The zero-order chi connectivity index (χ0) is 9.84. The third kappa shape index (κ3) is 2.44. The van der Waals surface area contributed by atoms with Crippen molar-refractivity contribution in [1.29, 1.82) is 0 Å². The van der Waals surface area contributed by atoms with Crippen molar-refractivity contribution in [2.45, 2.75) is 20.4 Å². The lowest BCUT2D eigenvalue weighted by atomic mass is 10.1. The summed E-state index contributed by atoms with van der Waals surface area (Å²) >= 11 is 0. The first-order chi connectivity index (χ1) is 6.15. The van der Waals surface area contributed by atoms with E-state index in [-0.39, 0.29) is 0 Å². The third-order valence-corrected chi connectivity index (χ3v) is 1.97. The summed E-state index contributed by atoms with van der Waals surface area (Å²) in [5.41, 5.74) is 5.66. The predicted octanol–water partition coefficient (Wildman–Crippen LogP) is 1.66. The quantitative estimate of drug-likeness (QED) is 0.697. The van der Waals surface area contributed by atoms with Crippen LogP contribution in [-0.4, -0.2) is 12.2 Å². The van der Waals surface area contributed by atoms with E-state index in [0.29, 0.717) is 12.3 Å². The first-order valence-corrected chi connectivity index (χ1v) is 4.20. The van der Waals surface area contributed by atoms with E-state index >= 15 is 0 Å². The highest BCUT2D eigenvalue weighted by Crippen LogP contribution is 2.22. The van der Waals surface area contributed by atoms with Gasteiger partial charge >= 0.3 is 0 Å². The molecule has 3 heteroatoms. The summed E-state index contributed by atoms with van der Waals surface area (Å²) in [6.07, 6.45) is 0. The first kappa shape index (κ1) is 10.0. The lowest BCUT2D eigenvalue weighted by molar-refractivity contribution is 0.0867. The van der Waals surface area contributed by atoms with Gasteiger partial charge < -0.3 is 9.94 Å². The summed E-state index contributed by atoms with van der Waals surface area (Å²) in [5, 5.41) is 9.50. The molecule has 1 aromatic rings. The maximum Gasteiger partial charge on any atom is 0.121 e. The SMILES string of the molecule is CONCc1cc(C)c(O)c(C)c1. The Balaban J connectivity index is 2.86. The van der Waals surface area contributed by atoms with Gasteiger partial charge in [0, 0.05) is 6.54 Å². The lowest BCUT2D eigenvalue weighted by Crippen LogP contribution is -2.10. The van der Waals surface area contributed by atoms with Gasteiger partial charge in [-0.05, 0) is 30.5 Å². The third-order valence-electron chi connectivity index (χ3n) is 1.97. The number of hydroxylamine groups is 1. The van der Waals surface area contributed by atoms with Crippen LogP contribution >= 0.6 is 0 Å². The molecule has 0 saturated carbocycles. The molecule has 1 aromatic carbocycles. The summed E-state index contributed by atoms with van der Waals surface area (Å²) in [5.74, 6) is 0.376. The van der Waals surface area contributed by atoms with E-state index in [1.165, 1.54) is 0 Å². The zero-order valence-electron chi connectivity index (χ0n) is 8.22. The number of aryl methyl sites for hydroxylation is 2. The number of hydrogen-bond acceptors (Lipinski definition) is 3. The van der Waals surface area contributed by atoms with Crippen LogP contribution in [0.4, 0.5) is 0 Å². The number of rotatable bonds is 3. The number of aromatic hydroxyl groups is 1. The van der Waals surface area contributed by atoms with Crippen molar-refractivity contribution >= 4 is 0 Å². The minimum absolute atomic E-state index is 0.376. The Kier molecular flexibility index (Phi) is 3.28. The molecule has 0 aromatic heterocycles. The number of hydrogen-bond donors (Lipinski definition) is 2. The molecule has 0 aliphatic carbocycles. The molecule has 0 aliphatic heterocycles. The minimum atomic E-state index is 0.376. The molecule has 0 fully saturated rings. The molecule has 0 atom stereocenters. The normalized spacial score (nSPS) is 10.4. The smallest absolute Gasteiger partial charge is 0.121 e. The number of phenolic OH excluding ortho intramolecular Hbond substituents is 1. The van der Waals surface area contributed by atoms with Crippen LogP contribution in [-0.2, 0) is 11.4 Å². The Labute approximate surface area is 78.3 Å². The standard InChI is InChI=1S/C10H15NO2/c1-7-4-9(6-11-13-3)5-8(2)10(7)12/h4-5,11-12H,6H2,1-3H3. The van der Waals surface area contributed by atoms with E-state index in [2.05, 4.69) is 5.48 Å². The molecule has 13 heavy (non-hydrogen) atoms. The molecule has 0 heterocycles. The Hall–Kier alpha value is -1.06. The fourth-order valence-electron chi connectivity index (χ4n) is 1.30. The van der Waals surface area contributed by atoms with Crippen molar-refractivity contribution in [3.8, 4) is 5.75 Å². The van der Waals surface area contributed by atoms with Crippen LogP contribution in [0, 0.1) is 13.8 Å². The van der Waals surface area contributed by atoms with Gasteiger partial charge in [-0.2, -0.15) is 5.48 Å². The maximum atomic E-state index is 9.50. The molecule has 72 valence electrons. The summed E-state index contributed by atoms with van der Waals surface area (Å²) < 4.78 is 0. The van der Waals surface area contributed by atoms with Gasteiger partial charge in [-0.15, -0.1) is 0 Å². The zero-order valence-corrected chi connectivity index (χ0v) is 8.22. The highest BCUT2D eigenvalue weighted by Gasteiger charge is 2.02. The molecule has 0 amide bonds. The second-order valence-electron chi connectivity index (χ2n) is 3.10. The highest BCUT2D eigenvalue weighted by molar-refractivity contribution is 5.41. The van der Waals surface area contributed by atoms with Crippen LogP contribution in [0.5, 0.6) is 5.75 Å². The van der Waals surface area contributed by atoms with Gasteiger partial charge in [0.2, 0.25) is 0 Å². The van der Waals surface area contributed by atoms with Crippen LogP contribution in [0.3, 0.4) is 0 Å². The van der Waals surface area contributed by atoms with Crippen molar-refractivity contribution in [2.24, 2.45) is 0 Å². The molecule has 0 unspecified atom stereocenters. The van der Waals surface area contributed by atoms with Crippen molar-refractivity contribution in [2.75, 3.05) is 7.11 Å². The van der Waals surface area contributed by atoms with E-state index in [1.54, 1.807) is 7.11 Å². The number of phenols is 1. The second kappa shape index (κ2) is 4.25. The van der Waals surface area contributed by atoms with E-state index in [9.17, 15) is 5.11 Å². The molecule has 0 saturated heterocycles. The van der Waals surface area contributed by atoms with E-state index in [0.717, 1.165) is 16.7 Å². The van der Waals surface area contributed by atoms with E-state index in [4.69, 9.17) is 4.84 Å². The Morgan fingerprint density at radius 3 is 2.31 bits per heavy atom. The Morgan fingerprint density at radius 2 is 1.85 bits per heavy atom. The minimum Gasteiger partial charge on any atom is -0.507 e. The van der Waals surface area contributed by atoms with Gasteiger partial charge in [-0.1, -0.05) is 12.1 Å². The van der Waals surface area contributed by atoms with Gasteiger partial charge in [0.25, 0.3) is 0 Å². The predicted molar refractivity (Wildman–Crippen MR) is 51.4 cm³/mol. The molecule has 0 aliphatic rings. The molecule has 0 bridgehead atoms. The van der Waals surface area contributed by atoms with Gasteiger partial charge in [0.05, 0.1) is 7.11 Å². The second-order valence-corrected chi connectivity index (χ2v) is 3.10. The molecule has 1 rings (SSSR count). The molecule has 3 nitrogen and oxygen atoms in total. The van der Waals surface area contributed by atoms with Crippen LogP contribution in [0.25, 0.3) is 0 Å². The number of benzene rings is 1. The van der Waals surface area contributed by atoms with Gasteiger partial charge in [-0.3, -0.25) is 0 Å². The average molecular weight is 181 g/mol. The fraction of sp³-hybridized carbons (Fsp3) is 0.400. The molecule has 0 spiro atoms. The lowest BCUT2D eigenvalue weighted by Gasteiger charge is -2.07. The molecular weight excluding hydrogens is 166 g/mol. The van der Waals surface area contributed by atoms with Crippen molar-refractivity contribution in [3.63, 3.8) is 0 Å². The molecule has 0 radical (unpaired) electrons. The summed E-state index contributed by atoms with van der Waals surface area (Å²) in [7, 11) is 1.58. The molecule has 2 N–H and O–H groups in total. The van der Waals surface area contributed by atoms with Gasteiger partial charge in [0.1, 0.15) is 5.75 Å².